The van der Waals surface area contributed by atoms with Crippen molar-refractivity contribution in [3.63, 3.8) is 0 Å². The fourth-order valence-corrected chi connectivity index (χ4v) is 1.35. The van der Waals surface area contributed by atoms with Crippen molar-refractivity contribution in [2.24, 2.45) is 0 Å². The highest BCUT2D eigenvalue weighted by Crippen LogP contribution is 2.33. The van der Waals surface area contributed by atoms with Crippen LogP contribution in [0.15, 0.2) is 0 Å². The molecule has 0 aliphatic heterocycles. The van der Waals surface area contributed by atoms with Crippen LogP contribution in [-0.2, 0) is 6.18 Å². The van der Waals surface area contributed by atoms with E-state index in [-0.39, 0.29) is 9.39 Å². The third-order valence-electron chi connectivity index (χ3n) is 1.12. The molecule has 0 unspecified atom stereocenters. The summed E-state index contributed by atoms with van der Waals surface area (Å²) >= 11 is 6.64. The Hall–Kier alpha value is -0.310. The van der Waals surface area contributed by atoms with Crippen LogP contribution in [0.2, 0.25) is 5.28 Å². The third-order valence-corrected chi connectivity index (χ3v) is 2.35. The lowest BCUT2D eigenvalue weighted by Crippen LogP contribution is -2.13. The van der Waals surface area contributed by atoms with Crippen LogP contribution in [0.3, 0.4) is 0 Å². The molecule has 1 aromatic rings. The quantitative estimate of drug-likeness (QED) is 0.589. The number of anilines is 1. The van der Waals surface area contributed by atoms with Gasteiger partial charge in [-0.25, -0.2) is 4.98 Å². The molecule has 0 saturated heterocycles. The molecule has 0 radical (unpaired) electrons. The maximum atomic E-state index is 12.2. The normalized spacial score (nSPS) is 11.8. The summed E-state index contributed by atoms with van der Waals surface area (Å²) in [5.41, 5.74) is 4.07. The summed E-state index contributed by atoms with van der Waals surface area (Å²) in [4.78, 5) is 6.42. The molecule has 0 bridgehead atoms. The van der Waals surface area contributed by atoms with Crippen molar-refractivity contribution in [2.75, 3.05) is 5.73 Å². The molecule has 1 rings (SSSR count). The summed E-state index contributed by atoms with van der Waals surface area (Å²) < 4.78 is 36.4. The summed E-state index contributed by atoms with van der Waals surface area (Å²) in [7, 11) is 0. The van der Waals surface area contributed by atoms with Crippen molar-refractivity contribution in [3.05, 3.63) is 14.5 Å². The van der Waals surface area contributed by atoms with Crippen LogP contribution in [0, 0.1) is 3.57 Å². The largest absolute Gasteiger partial charge is 0.434 e. The third kappa shape index (κ3) is 2.33. The molecule has 13 heavy (non-hydrogen) atoms. The molecule has 0 aromatic carbocycles. The fraction of sp³-hybridized carbons (Fsp3) is 0.200. The van der Waals surface area contributed by atoms with Gasteiger partial charge >= 0.3 is 6.18 Å². The molecule has 0 aliphatic carbocycles. The van der Waals surface area contributed by atoms with Crippen molar-refractivity contribution >= 4 is 40.0 Å². The summed E-state index contributed by atoms with van der Waals surface area (Å²) in [6.07, 6.45) is -4.56. The van der Waals surface area contributed by atoms with Crippen molar-refractivity contribution in [2.45, 2.75) is 6.18 Å². The first-order chi connectivity index (χ1) is 5.82. The molecule has 0 saturated carbocycles. The van der Waals surface area contributed by atoms with Crippen molar-refractivity contribution < 1.29 is 13.2 Å². The first kappa shape index (κ1) is 10.8. The number of nitrogen functional groups attached to an aromatic ring is 1. The van der Waals surface area contributed by atoms with E-state index in [1.807, 2.05) is 0 Å². The number of rotatable bonds is 0. The second-order valence-electron chi connectivity index (χ2n) is 2.04. The average Bonchev–Trinajstić information content (AvgIpc) is 1.94. The van der Waals surface area contributed by atoms with Crippen LogP contribution in [0.1, 0.15) is 5.69 Å². The van der Waals surface area contributed by atoms with E-state index in [2.05, 4.69) is 9.97 Å². The van der Waals surface area contributed by atoms with Crippen LogP contribution in [-0.4, -0.2) is 9.97 Å². The summed E-state index contributed by atoms with van der Waals surface area (Å²) in [6, 6.07) is 0. The minimum atomic E-state index is -4.56. The Kier molecular flexibility index (Phi) is 2.85. The van der Waals surface area contributed by atoms with E-state index in [1.165, 1.54) is 22.6 Å². The van der Waals surface area contributed by atoms with E-state index in [0.29, 0.717) is 0 Å². The van der Waals surface area contributed by atoms with Crippen molar-refractivity contribution in [3.8, 4) is 0 Å². The average molecular weight is 323 g/mol. The number of halogens is 5. The zero-order valence-corrected chi connectivity index (χ0v) is 8.78. The van der Waals surface area contributed by atoms with Gasteiger partial charge in [-0.2, -0.15) is 18.2 Å². The molecule has 0 fully saturated rings. The monoisotopic (exact) mass is 323 g/mol. The topological polar surface area (TPSA) is 51.8 Å². The Balaban J connectivity index is 3.37. The van der Waals surface area contributed by atoms with Gasteiger partial charge in [0, 0.05) is 0 Å². The summed E-state index contributed by atoms with van der Waals surface area (Å²) in [6.45, 7) is 0. The Morgan fingerprint density at radius 2 is 1.85 bits per heavy atom. The number of nitrogens with zero attached hydrogens (tertiary/aromatic N) is 2. The van der Waals surface area contributed by atoms with Crippen LogP contribution < -0.4 is 5.73 Å². The molecule has 0 spiro atoms. The van der Waals surface area contributed by atoms with Gasteiger partial charge in [-0.15, -0.1) is 0 Å². The Bertz CT molecular complexity index is 341. The minimum Gasteiger partial charge on any atom is -0.383 e. The Morgan fingerprint density at radius 3 is 2.31 bits per heavy atom. The molecule has 1 aromatic heterocycles. The van der Waals surface area contributed by atoms with Gasteiger partial charge in [0.1, 0.15) is 5.82 Å². The van der Waals surface area contributed by atoms with E-state index in [1.54, 1.807) is 0 Å². The highest BCUT2D eigenvalue weighted by Gasteiger charge is 2.36. The molecule has 1 heterocycles. The Labute approximate surface area is 89.6 Å². The van der Waals surface area contributed by atoms with Crippen LogP contribution in [0.25, 0.3) is 0 Å². The first-order valence-corrected chi connectivity index (χ1v) is 4.33. The summed E-state index contributed by atoms with van der Waals surface area (Å²) in [5, 5.41) is -0.509. The number of nitrogens with two attached hydrogens (primary N) is 1. The van der Waals surface area contributed by atoms with E-state index in [4.69, 9.17) is 17.3 Å². The minimum absolute atomic E-state index is 0.241. The summed E-state index contributed by atoms with van der Waals surface area (Å²) in [5.74, 6) is -0.270. The maximum Gasteiger partial charge on any atom is 0.434 e. The van der Waals surface area contributed by atoms with Crippen molar-refractivity contribution in [1.29, 1.82) is 0 Å². The molecular weight excluding hydrogens is 321 g/mol. The van der Waals surface area contributed by atoms with Gasteiger partial charge in [-0.1, -0.05) is 0 Å². The molecule has 0 amide bonds. The molecule has 8 heteroatoms. The second kappa shape index (κ2) is 3.45. The lowest BCUT2D eigenvalue weighted by atomic mass is 10.4. The molecule has 72 valence electrons. The van der Waals surface area contributed by atoms with Gasteiger partial charge in [-0.3, -0.25) is 0 Å². The fourth-order valence-electron chi connectivity index (χ4n) is 0.624. The molecule has 0 atom stereocenters. The zero-order valence-electron chi connectivity index (χ0n) is 5.86. The molecule has 2 N–H and O–H groups in total. The van der Waals surface area contributed by atoms with E-state index in [0.717, 1.165) is 0 Å². The number of aromatic nitrogens is 2. The smallest absolute Gasteiger partial charge is 0.383 e. The molecular formula is C5H2ClF3IN3. The Morgan fingerprint density at radius 1 is 1.31 bits per heavy atom. The first-order valence-electron chi connectivity index (χ1n) is 2.88. The lowest BCUT2D eigenvalue weighted by molar-refractivity contribution is -0.141. The van der Waals surface area contributed by atoms with E-state index < -0.39 is 17.2 Å². The zero-order chi connectivity index (χ0) is 10.2. The van der Waals surface area contributed by atoms with Crippen LogP contribution in [0.4, 0.5) is 19.0 Å². The van der Waals surface area contributed by atoms with Crippen LogP contribution >= 0.6 is 34.2 Å². The number of hydrogen-bond acceptors (Lipinski definition) is 3. The number of alkyl halides is 3. The van der Waals surface area contributed by atoms with E-state index >= 15 is 0 Å². The number of hydrogen-bond donors (Lipinski definition) is 1. The van der Waals surface area contributed by atoms with E-state index in [9.17, 15) is 13.2 Å². The SMILES string of the molecule is Nc1nc(Cl)nc(C(F)(F)F)c1I. The highest BCUT2D eigenvalue weighted by atomic mass is 127. The van der Waals surface area contributed by atoms with Gasteiger partial charge in [0.15, 0.2) is 5.69 Å². The molecule has 3 nitrogen and oxygen atoms in total. The van der Waals surface area contributed by atoms with Gasteiger partial charge in [0.2, 0.25) is 5.28 Å². The maximum absolute atomic E-state index is 12.2. The second-order valence-corrected chi connectivity index (χ2v) is 3.46. The van der Waals surface area contributed by atoms with Gasteiger partial charge in [0.25, 0.3) is 0 Å². The van der Waals surface area contributed by atoms with Gasteiger partial charge < -0.3 is 5.73 Å². The standard InChI is InChI=1S/C5H2ClF3IN3/c6-4-12-2(5(7,8)9)1(10)3(11)13-4/h(H2,11,12,13). The predicted octanol–water partition coefficient (Wildman–Crippen LogP) is 2.34. The van der Waals surface area contributed by atoms with Crippen molar-refractivity contribution in [1.82, 2.24) is 9.97 Å². The van der Waals surface area contributed by atoms with Gasteiger partial charge in [-0.05, 0) is 34.2 Å². The van der Waals surface area contributed by atoms with Crippen LogP contribution in [0.5, 0.6) is 0 Å². The lowest BCUT2D eigenvalue weighted by Gasteiger charge is -2.08. The molecule has 0 aliphatic rings. The predicted molar refractivity (Wildman–Crippen MR) is 49.2 cm³/mol. The highest BCUT2D eigenvalue weighted by molar-refractivity contribution is 14.1. The van der Waals surface area contributed by atoms with Gasteiger partial charge in [0.05, 0.1) is 3.57 Å².